The quantitative estimate of drug-likeness (QED) is 0.863. The van der Waals surface area contributed by atoms with Gasteiger partial charge in [0, 0.05) is 5.75 Å². The minimum atomic E-state index is 0.531. The Morgan fingerprint density at radius 1 is 1.30 bits per heavy atom. The van der Waals surface area contributed by atoms with Gasteiger partial charge in [-0.1, -0.05) is 42.8 Å². The summed E-state index contributed by atoms with van der Waals surface area (Å²) in [5, 5.41) is 4.68. The molecule has 0 amide bonds. The number of para-hydroxylation sites is 1. The molecule has 2 atom stereocenters. The van der Waals surface area contributed by atoms with Crippen LogP contribution in [0.5, 0.6) is 5.75 Å². The first kappa shape index (κ1) is 13.8. The molecule has 1 saturated carbocycles. The third-order valence-electron chi connectivity index (χ3n) is 3.99. The Morgan fingerprint density at radius 3 is 3.00 bits per heavy atom. The molecule has 1 fully saturated rings. The van der Waals surface area contributed by atoms with Crippen LogP contribution in [0.3, 0.4) is 0 Å². The van der Waals surface area contributed by atoms with Crippen molar-refractivity contribution >= 4 is 16.9 Å². The van der Waals surface area contributed by atoms with Gasteiger partial charge >= 0.3 is 0 Å². The van der Waals surface area contributed by atoms with E-state index in [-0.39, 0.29) is 0 Å². The predicted octanol–water partition coefficient (Wildman–Crippen LogP) is 3.38. The number of hydrogen-bond donors (Lipinski definition) is 1. The summed E-state index contributed by atoms with van der Waals surface area (Å²) in [5.41, 5.74) is 1.19. The monoisotopic (exact) mass is 290 g/mol. The standard InChI is InChI=1S/C16H22N2OS/c1-12-6-2-5-9-15(12)19-10-11-20-16-17-13-7-3-4-8-14(13)18-16/h2,5-6,9,13-14H,3-4,7-8,10-11H2,1H3,(H,17,18)/t13-,14-/m0/s1. The summed E-state index contributed by atoms with van der Waals surface area (Å²) in [6.07, 6.45) is 5.21. The van der Waals surface area contributed by atoms with E-state index < -0.39 is 0 Å². The second-order valence-corrected chi connectivity index (χ2v) is 6.58. The van der Waals surface area contributed by atoms with Crippen molar-refractivity contribution in [1.82, 2.24) is 5.32 Å². The van der Waals surface area contributed by atoms with Gasteiger partial charge in [0.15, 0.2) is 5.17 Å². The molecule has 0 bridgehead atoms. The van der Waals surface area contributed by atoms with Crippen molar-refractivity contribution < 1.29 is 4.74 Å². The van der Waals surface area contributed by atoms with E-state index in [2.05, 4.69) is 18.3 Å². The maximum atomic E-state index is 5.81. The van der Waals surface area contributed by atoms with Crippen LogP contribution in [0.2, 0.25) is 0 Å². The molecule has 1 N–H and O–H groups in total. The minimum Gasteiger partial charge on any atom is -0.492 e. The van der Waals surface area contributed by atoms with Gasteiger partial charge in [-0.25, -0.2) is 0 Å². The lowest BCUT2D eigenvalue weighted by atomic mass is 9.92. The van der Waals surface area contributed by atoms with Crippen LogP contribution in [0.25, 0.3) is 0 Å². The molecular formula is C16H22N2OS. The van der Waals surface area contributed by atoms with Crippen molar-refractivity contribution in [3.63, 3.8) is 0 Å². The maximum absolute atomic E-state index is 5.81. The zero-order chi connectivity index (χ0) is 13.8. The fourth-order valence-electron chi connectivity index (χ4n) is 2.87. The maximum Gasteiger partial charge on any atom is 0.157 e. The van der Waals surface area contributed by atoms with Crippen molar-refractivity contribution in [2.75, 3.05) is 12.4 Å². The molecule has 0 spiro atoms. The van der Waals surface area contributed by atoms with E-state index in [9.17, 15) is 0 Å². The molecule has 0 aromatic heterocycles. The molecule has 0 saturated heterocycles. The smallest absolute Gasteiger partial charge is 0.157 e. The van der Waals surface area contributed by atoms with Gasteiger partial charge in [0.05, 0.1) is 18.7 Å². The van der Waals surface area contributed by atoms with Crippen molar-refractivity contribution in [2.24, 2.45) is 4.99 Å². The van der Waals surface area contributed by atoms with E-state index in [0.717, 1.165) is 23.3 Å². The van der Waals surface area contributed by atoms with E-state index in [0.29, 0.717) is 12.1 Å². The third-order valence-corrected chi connectivity index (χ3v) is 4.86. The number of rotatable bonds is 4. The summed E-state index contributed by atoms with van der Waals surface area (Å²) in [7, 11) is 0. The lowest BCUT2D eigenvalue weighted by Crippen LogP contribution is -2.36. The van der Waals surface area contributed by atoms with Crippen LogP contribution in [-0.4, -0.2) is 29.6 Å². The van der Waals surface area contributed by atoms with Crippen molar-refractivity contribution in [2.45, 2.75) is 44.7 Å². The Bertz CT molecular complexity index is 489. The van der Waals surface area contributed by atoms with Crippen LogP contribution in [0.4, 0.5) is 0 Å². The summed E-state index contributed by atoms with van der Waals surface area (Å²) < 4.78 is 5.81. The topological polar surface area (TPSA) is 33.6 Å². The first-order valence-electron chi connectivity index (χ1n) is 7.48. The lowest BCUT2D eigenvalue weighted by molar-refractivity contribution is 0.342. The fraction of sp³-hybridized carbons (Fsp3) is 0.562. The summed E-state index contributed by atoms with van der Waals surface area (Å²) in [6.45, 7) is 2.81. The number of ether oxygens (including phenoxy) is 1. The largest absolute Gasteiger partial charge is 0.492 e. The molecule has 1 aromatic rings. The third kappa shape index (κ3) is 3.29. The fourth-order valence-corrected chi connectivity index (χ4v) is 3.67. The number of hydrogen-bond acceptors (Lipinski definition) is 4. The molecule has 2 aliphatic rings. The van der Waals surface area contributed by atoms with Gasteiger partial charge in [0.25, 0.3) is 0 Å². The zero-order valence-electron chi connectivity index (χ0n) is 12.0. The first-order chi connectivity index (χ1) is 9.83. The summed E-state index contributed by atoms with van der Waals surface area (Å²) in [6, 6.07) is 9.29. The van der Waals surface area contributed by atoms with Crippen LogP contribution in [0.15, 0.2) is 29.3 Å². The normalized spacial score (nSPS) is 24.8. The molecule has 1 aromatic carbocycles. The lowest BCUT2D eigenvalue weighted by Gasteiger charge is -2.23. The molecule has 108 valence electrons. The highest BCUT2D eigenvalue weighted by Crippen LogP contribution is 2.27. The van der Waals surface area contributed by atoms with Crippen LogP contribution in [0, 0.1) is 6.92 Å². The Kier molecular flexibility index (Phi) is 4.51. The van der Waals surface area contributed by atoms with Crippen LogP contribution < -0.4 is 10.1 Å². The van der Waals surface area contributed by atoms with E-state index in [1.807, 2.05) is 18.2 Å². The van der Waals surface area contributed by atoms with Gasteiger partial charge in [-0.3, -0.25) is 4.99 Å². The zero-order valence-corrected chi connectivity index (χ0v) is 12.8. The number of aryl methyl sites for hydroxylation is 1. The number of amidine groups is 1. The van der Waals surface area contributed by atoms with Crippen LogP contribution in [0.1, 0.15) is 31.2 Å². The molecule has 4 heteroatoms. The molecule has 20 heavy (non-hydrogen) atoms. The van der Waals surface area contributed by atoms with Crippen molar-refractivity contribution in [1.29, 1.82) is 0 Å². The Hall–Kier alpha value is -1.16. The Morgan fingerprint density at radius 2 is 2.15 bits per heavy atom. The molecule has 0 radical (unpaired) electrons. The number of aliphatic imine (C=N–C) groups is 1. The molecule has 1 heterocycles. The highest BCUT2D eigenvalue weighted by atomic mass is 32.2. The number of fused-ring (bicyclic) bond motifs is 1. The molecule has 3 nitrogen and oxygen atoms in total. The highest BCUT2D eigenvalue weighted by molar-refractivity contribution is 8.13. The number of thioether (sulfide) groups is 1. The number of nitrogens with one attached hydrogen (secondary N) is 1. The van der Waals surface area contributed by atoms with Crippen LogP contribution in [-0.2, 0) is 0 Å². The van der Waals surface area contributed by atoms with Gasteiger partial charge in [-0.2, -0.15) is 0 Å². The molecule has 1 aliphatic carbocycles. The second kappa shape index (κ2) is 6.53. The first-order valence-corrected chi connectivity index (χ1v) is 8.47. The minimum absolute atomic E-state index is 0.531. The van der Waals surface area contributed by atoms with Crippen molar-refractivity contribution in [3.05, 3.63) is 29.8 Å². The highest BCUT2D eigenvalue weighted by Gasteiger charge is 2.30. The second-order valence-electron chi connectivity index (χ2n) is 5.50. The van der Waals surface area contributed by atoms with Gasteiger partial charge in [-0.15, -0.1) is 0 Å². The van der Waals surface area contributed by atoms with E-state index >= 15 is 0 Å². The van der Waals surface area contributed by atoms with Gasteiger partial charge in [0.2, 0.25) is 0 Å². The summed E-state index contributed by atoms with van der Waals surface area (Å²) >= 11 is 1.79. The Balaban J connectivity index is 1.41. The molecular weight excluding hydrogens is 268 g/mol. The Labute approximate surface area is 125 Å². The van der Waals surface area contributed by atoms with Gasteiger partial charge in [0.1, 0.15) is 5.75 Å². The van der Waals surface area contributed by atoms with E-state index in [1.165, 1.54) is 31.2 Å². The molecule has 1 aliphatic heterocycles. The predicted molar refractivity (Wildman–Crippen MR) is 85.7 cm³/mol. The van der Waals surface area contributed by atoms with Gasteiger partial charge < -0.3 is 10.1 Å². The SMILES string of the molecule is Cc1ccccc1OCCSC1=N[C@H]2CCCC[C@@H]2N1. The summed E-state index contributed by atoms with van der Waals surface area (Å²) in [4.78, 5) is 4.79. The average Bonchev–Trinajstić information content (AvgIpc) is 2.88. The van der Waals surface area contributed by atoms with Crippen molar-refractivity contribution in [3.8, 4) is 5.75 Å². The number of benzene rings is 1. The number of nitrogens with zero attached hydrogens (tertiary/aromatic N) is 1. The summed E-state index contributed by atoms with van der Waals surface area (Å²) in [5.74, 6) is 1.93. The molecule has 0 unspecified atom stereocenters. The van der Waals surface area contributed by atoms with E-state index in [4.69, 9.17) is 9.73 Å². The average molecular weight is 290 g/mol. The van der Waals surface area contributed by atoms with E-state index in [1.54, 1.807) is 11.8 Å². The van der Waals surface area contributed by atoms with Crippen LogP contribution >= 0.6 is 11.8 Å². The van der Waals surface area contributed by atoms with Gasteiger partial charge in [-0.05, 0) is 31.4 Å². The molecule has 3 rings (SSSR count).